The number of carbonyl (C=O) groups is 3. The van der Waals surface area contributed by atoms with E-state index < -0.39 is 12.1 Å². The first-order valence-corrected chi connectivity index (χ1v) is 11.9. The van der Waals surface area contributed by atoms with Crippen molar-refractivity contribution in [1.29, 1.82) is 0 Å². The van der Waals surface area contributed by atoms with Gasteiger partial charge in [-0.15, -0.1) is 0 Å². The fraction of sp³-hybridized carbons (Fsp3) is 0.222. The summed E-state index contributed by atoms with van der Waals surface area (Å²) in [5.74, 6) is -0.322. The molecule has 0 aliphatic carbocycles. The van der Waals surface area contributed by atoms with Crippen LogP contribution in [0.4, 0.5) is 10.5 Å². The number of anilines is 1. The minimum atomic E-state index is -1.03. The van der Waals surface area contributed by atoms with Crippen molar-refractivity contribution in [3.63, 3.8) is 0 Å². The summed E-state index contributed by atoms with van der Waals surface area (Å²) >= 11 is 6.01. The maximum absolute atomic E-state index is 13.2. The molecular weight excluding hydrogens is 482 g/mol. The number of halogens is 1. The second-order valence-corrected chi connectivity index (χ2v) is 8.84. The van der Waals surface area contributed by atoms with E-state index in [1.807, 2.05) is 19.1 Å². The van der Waals surface area contributed by atoms with Crippen LogP contribution in [0, 0.1) is 0 Å². The zero-order chi connectivity index (χ0) is 25.7. The summed E-state index contributed by atoms with van der Waals surface area (Å²) in [6.07, 6.45) is 0.286. The van der Waals surface area contributed by atoms with E-state index in [0.717, 1.165) is 5.56 Å². The summed E-state index contributed by atoms with van der Waals surface area (Å²) in [5, 5.41) is 13.1. The second-order valence-electron chi connectivity index (χ2n) is 8.41. The van der Waals surface area contributed by atoms with Gasteiger partial charge in [0.25, 0.3) is 0 Å². The van der Waals surface area contributed by atoms with Crippen molar-refractivity contribution in [2.45, 2.75) is 32.5 Å². The largest absolute Gasteiger partial charge is 0.478 e. The van der Waals surface area contributed by atoms with Crippen molar-refractivity contribution in [1.82, 2.24) is 9.80 Å². The molecule has 0 bridgehead atoms. The average molecular weight is 508 g/mol. The van der Waals surface area contributed by atoms with Gasteiger partial charge in [-0.3, -0.25) is 14.6 Å². The lowest BCUT2D eigenvalue weighted by molar-refractivity contribution is -0.132. The van der Waals surface area contributed by atoms with Crippen LogP contribution in [0.5, 0.6) is 11.5 Å². The Balaban J connectivity index is 1.50. The fourth-order valence-electron chi connectivity index (χ4n) is 3.96. The molecule has 3 aromatic rings. The number of hydrogen-bond donors (Lipinski definition) is 2. The topological polar surface area (TPSA) is 99.2 Å². The van der Waals surface area contributed by atoms with Gasteiger partial charge in [-0.1, -0.05) is 36.7 Å². The molecule has 0 aromatic heterocycles. The van der Waals surface area contributed by atoms with Gasteiger partial charge in [-0.05, 0) is 66.6 Å². The predicted octanol–water partition coefficient (Wildman–Crippen LogP) is 5.83. The van der Waals surface area contributed by atoms with E-state index in [1.165, 1.54) is 17.0 Å². The molecule has 8 nitrogen and oxygen atoms in total. The number of carboxylic acid groups (broad SMARTS) is 1. The van der Waals surface area contributed by atoms with E-state index in [0.29, 0.717) is 41.7 Å². The molecule has 1 unspecified atom stereocenters. The van der Waals surface area contributed by atoms with Crippen molar-refractivity contribution in [3.8, 4) is 11.5 Å². The highest BCUT2D eigenvalue weighted by Gasteiger charge is 2.38. The molecule has 3 amide bonds. The highest BCUT2D eigenvalue weighted by Crippen LogP contribution is 2.27. The smallest absolute Gasteiger partial charge is 0.335 e. The van der Waals surface area contributed by atoms with Crippen molar-refractivity contribution < 1.29 is 24.2 Å². The Labute approximate surface area is 214 Å². The van der Waals surface area contributed by atoms with Gasteiger partial charge in [0.2, 0.25) is 5.91 Å². The van der Waals surface area contributed by atoms with Crippen LogP contribution in [0.15, 0.2) is 72.8 Å². The van der Waals surface area contributed by atoms with E-state index in [-0.39, 0.29) is 23.9 Å². The fourth-order valence-corrected chi connectivity index (χ4v) is 4.08. The first kappa shape index (κ1) is 25.1. The third-order valence-electron chi connectivity index (χ3n) is 5.74. The van der Waals surface area contributed by atoms with Gasteiger partial charge in [-0.25, -0.2) is 9.59 Å². The summed E-state index contributed by atoms with van der Waals surface area (Å²) in [4.78, 5) is 40.1. The molecular formula is C27H26ClN3O5. The molecule has 1 fully saturated rings. The molecule has 9 heteroatoms. The summed E-state index contributed by atoms with van der Waals surface area (Å²) in [6, 6.07) is 20.2. The number of hydrogen-bond acceptors (Lipinski definition) is 5. The van der Waals surface area contributed by atoms with Crippen LogP contribution in [-0.2, 0) is 11.3 Å². The summed E-state index contributed by atoms with van der Waals surface area (Å²) in [7, 11) is 0. The third-order valence-corrected chi connectivity index (χ3v) is 5.99. The molecule has 186 valence electrons. The van der Waals surface area contributed by atoms with Gasteiger partial charge in [-0.2, -0.15) is 0 Å². The molecule has 0 saturated carbocycles. The van der Waals surface area contributed by atoms with Crippen LogP contribution < -0.4 is 10.1 Å². The van der Waals surface area contributed by atoms with E-state index in [9.17, 15) is 14.4 Å². The maximum atomic E-state index is 13.2. The molecule has 0 radical (unpaired) electrons. The van der Waals surface area contributed by atoms with E-state index in [4.69, 9.17) is 21.4 Å². The van der Waals surface area contributed by atoms with Crippen LogP contribution >= 0.6 is 11.6 Å². The second kappa shape index (κ2) is 11.1. The molecule has 1 saturated heterocycles. The first-order valence-electron chi connectivity index (χ1n) is 11.6. The molecule has 36 heavy (non-hydrogen) atoms. The molecule has 1 aliphatic rings. The average Bonchev–Trinajstić information content (AvgIpc) is 2.86. The molecule has 0 spiro atoms. The van der Waals surface area contributed by atoms with Gasteiger partial charge >= 0.3 is 12.0 Å². The van der Waals surface area contributed by atoms with E-state index >= 15 is 0 Å². The zero-order valence-electron chi connectivity index (χ0n) is 19.7. The van der Waals surface area contributed by atoms with Crippen molar-refractivity contribution in [3.05, 3.63) is 88.9 Å². The normalized spacial score (nSPS) is 15.7. The van der Waals surface area contributed by atoms with Crippen LogP contribution in [0.3, 0.4) is 0 Å². The molecule has 3 aromatic carbocycles. The lowest BCUT2D eigenvalue weighted by atomic mass is 10.1. The Kier molecular flexibility index (Phi) is 7.75. The van der Waals surface area contributed by atoms with Crippen LogP contribution in [0.25, 0.3) is 0 Å². The lowest BCUT2D eigenvalue weighted by Gasteiger charge is -2.41. The van der Waals surface area contributed by atoms with E-state index in [2.05, 4.69) is 5.32 Å². The van der Waals surface area contributed by atoms with E-state index in [1.54, 1.807) is 53.4 Å². The Bertz CT molecular complexity index is 1250. The molecule has 4 rings (SSSR count). The number of nitrogens with zero attached hydrogens (tertiary/aromatic N) is 2. The monoisotopic (exact) mass is 507 g/mol. The molecule has 2 N–H and O–H groups in total. The van der Waals surface area contributed by atoms with Gasteiger partial charge in [0.1, 0.15) is 17.7 Å². The number of carboxylic acids is 1. The number of carbonyl (C=O) groups excluding carboxylic acids is 2. The quantitative estimate of drug-likeness (QED) is 0.378. The summed E-state index contributed by atoms with van der Waals surface area (Å²) in [5.41, 5.74) is 1.74. The maximum Gasteiger partial charge on any atom is 0.335 e. The van der Waals surface area contributed by atoms with Crippen LogP contribution in [-0.4, -0.2) is 45.5 Å². The van der Waals surface area contributed by atoms with Crippen LogP contribution in [0.2, 0.25) is 5.02 Å². The number of nitrogens with one attached hydrogen (secondary N) is 1. The number of urea groups is 1. The SMILES string of the molecule is CCCN1C(=O)CC(Nc2ccc(Oc3cccc(C(=O)O)c3)cc2)N(Cc2ccc(Cl)cc2)C1=O. The summed E-state index contributed by atoms with van der Waals surface area (Å²) < 4.78 is 5.77. The highest BCUT2D eigenvalue weighted by molar-refractivity contribution is 6.30. The number of aromatic carboxylic acids is 1. The Morgan fingerprint density at radius 2 is 1.78 bits per heavy atom. The molecule has 1 heterocycles. The first-order chi connectivity index (χ1) is 17.3. The van der Waals surface area contributed by atoms with Gasteiger partial charge in [0, 0.05) is 23.8 Å². The van der Waals surface area contributed by atoms with Crippen LogP contribution in [0.1, 0.15) is 35.7 Å². The standard InChI is InChI=1S/C27H26ClN3O5/c1-2-14-30-25(32)16-24(31(27(30)35)17-18-6-8-20(28)9-7-18)29-21-10-12-22(13-11-21)36-23-5-3-4-19(15-23)26(33)34/h3-13,15,24,29H,2,14,16-17H2,1H3,(H,33,34). The van der Waals surface area contributed by atoms with Crippen molar-refractivity contribution in [2.75, 3.05) is 11.9 Å². The van der Waals surface area contributed by atoms with Gasteiger partial charge in [0.15, 0.2) is 0 Å². The number of rotatable bonds is 9. The van der Waals surface area contributed by atoms with Crippen molar-refractivity contribution >= 4 is 35.2 Å². The molecule has 1 atom stereocenters. The number of amides is 3. The highest BCUT2D eigenvalue weighted by atomic mass is 35.5. The molecule has 1 aliphatic heterocycles. The number of benzene rings is 3. The Hall–Kier alpha value is -4.04. The lowest BCUT2D eigenvalue weighted by Crippen LogP contribution is -2.58. The number of imide groups is 1. The Morgan fingerprint density at radius 1 is 1.06 bits per heavy atom. The predicted molar refractivity (Wildman–Crippen MR) is 136 cm³/mol. The van der Waals surface area contributed by atoms with Gasteiger partial charge in [0.05, 0.1) is 12.0 Å². The minimum absolute atomic E-state index is 0.135. The van der Waals surface area contributed by atoms with Crippen molar-refractivity contribution in [2.24, 2.45) is 0 Å². The minimum Gasteiger partial charge on any atom is -0.478 e. The summed E-state index contributed by atoms with van der Waals surface area (Å²) in [6.45, 7) is 2.62. The Morgan fingerprint density at radius 3 is 2.44 bits per heavy atom. The third kappa shape index (κ3) is 5.95. The van der Waals surface area contributed by atoms with Gasteiger partial charge < -0.3 is 15.2 Å². The zero-order valence-corrected chi connectivity index (χ0v) is 20.4. The number of ether oxygens (including phenoxy) is 1.